The number of aryl methyl sites for hydroxylation is 1. The highest BCUT2D eigenvalue weighted by atomic mass is 19.1. The fourth-order valence-corrected chi connectivity index (χ4v) is 2.76. The highest BCUT2D eigenvalue weighted by molar-refractivity contribution is 5.96. The molecular formula is C20H23FN6O. The van der Waals surface area contributed by atoms with Crippen molar-refractivity contribution in [2.24, 2.45) is 7.05 Å². The number of rotatable bonds is 6. The Kier molecular flexibility index (Phi) is 5.39. The van der Waals surface area contributed by atoms with Crippen LogP contribution in [0, 0.1) is 0 Å². The summed E-state index contributed by atoms with van der Waals surface area (Å²) in [6.45, 7) is 5.42. The minimum absolute atomic E-state index is 0.180. The predicted octanol–water partition coefficient (Wildman–Crippen LogP) is 3.58. The molecule has 146 valence electrons. The van der Waals surface area contributed by atoms with Crippen molar-refractivity contribution in [1.82, 2.24) is 25.5 Å². The van der Waals surface area contributed by atoms with Crippen molar-refractivity contribution in [2.75, 3.05) is 11.9 Å². The molecule has 0 aliphatic carbocycles. The van der Waals surface area contributed by atoms with Crippen molar-refractivity contribution in [3.05, 3.63) is 53.6 Å². The van der Waals surface area contributed by atoms with Gasteiger partial charge in [-0.25, -0.2) is 4.39 Å². The Bertz CT molecular complexity index is 992. The second kappa shape index (κ2) is 7.75. The van der Waals surface area contributed by atoms with Gasteiger partial charge in [0.2, 0.25) is 5.82 Å². The van der Waals surface area contributed by atoms with Crippen LogP contribution in [0.2, 0.25) is 0 Å². The first kappa shape index (κ1) is 19.5. The van der Waals surface area contributed by atoms with E-state index in [2.05, 4.69) is 26.0 Å². The van der Waals surface area contributed by atoms with Gasteiger partial charge in [0.15, 0.2) is 0 Å². The van der Waals surface area contributed by atoms with Gasteiger partial charge in [0.05, 0.1) is 7.05 Å². The van der Waals surface area contributed by atoms with Gasteiger partial charge in [0, 0.05) is 29.0 Å². The Morgan fingerprint density at radius 3 is 2.64 bits per heavy atom. The molecule has 0 aliphatic heterocycles. The molecule has 0 saturated heterocycles. The van der Waals surface area contributed by atoms with E-state index in [4.69, 9.17) is 0 Å². The lowest BCUT2D eigenvalue weighted by Crippen LogP contribution is -2.22. The molecule has 8 heteroatoms. The molecule has 7 nitrogen and oxygen atoms in total. The molecular weight excluding hydrogens is 359 g/mol. The highest BCUT2D eigenvalue weighted by Crippen LogP contribution is 2.31. The summed E-state index contributed by atoms with van der Waals surface area (Å²) in [6.07, 6.45) is 0. The average Bonchev–Trinajstić information content (AvgIpc) is 3.08. The summed E-state index contributed by atoms with van der Waals surface area (Å²) in [5.41, 5.74) is 1.65. The lowest BCUT2D eigenvalue weighted by molar-refractivity contribution is 0.0956. The number of amides is 1. The zero-order valence-corrected chi connectivity index (χ0v) is 16.3. The number of carbonyl (C=O) groups excluding carboxylic acids is 1. The first-order valence-electron chi connectivity index (χ1n) is 9.01. The Hall–Kier alpha value is -3.29. The summed E-state index contributed by atoms with van der Waals surface area (Å²) in [5.74, 6) is 0.207. The largest absolute Gasteiger partial charge is 0.355 e. The topological polar surface area (TPSA) is 84.7 Å². The van der Waals surface area contributed by atoms with Crippen LogP contribution in [0.5, 0.6) is 0 Å². The SMILES string of the molecule is CCNC(=O)c1ccc(Nc2cccc(C(C)(C)F)c2)c(-c2nnn(C)n2)c1. The van der Waals surface area contributed by atoms with Crippen molar-refractivity contribution in [3.63, 3.8) is 0 Å². The number of nitrogens with one attached hydrogen (secondary N) is 2. The molecule has 1 amide bonds. The van der Waals surface area contributed by atoms with Crippen LogP contribution in [0.1, 0.15) is 36.7 Å². The molecule has 2 aromatic carbocycles. The molecule has 0 spiro atoms. The Morgan fingerprint density at radius 1 is 1.21 bits per heavy atom. The summed E-state index contributed by atoms with van der Waals surface area (Å²) in [5, 5.41) is 18.2. The predicted molar refractivity (Wildman–Crippen MR) is 106 cm³/mol. The van der Waals surface area contributed by atoms with Crippen LogP contribution in [0.25, 0.3) is 11.4 Å². The van der Waals surface area contributed by atoms with Gasteiger partial charge >= 0.3 is 0 Å². The molecule has 0 atom stereocenters. The number of alkyl halides is 1. The molecule has 2 N–H and O–H groups in total. The van der Waals surface area contributed by atoms with E-state index >= 15 is 0 Å². The number of hydrogen-bond acceptors (Lipinski definition) is 5. The van der Waals surface area contributed by atoms with Gasteiger partial charge in [-0.3, -0.25) is 4.79 Å². The monoisotopic (exact) mass is 382 g/mol. The second-order valence-corrected chi connectivity index (χ2v) is 6.90. The maximum absolute atomic E-state index is 14.3. The van der Waals surface area contributed by atoms with Crippen molar-refractivity contribution in [1.29, 1.82) is 0 Å². The molecule has 3 rings (SSSR count). The maximum Gasteiger partial charge on any atom is 0.251 e. The molecule has 0 bridgehead atoms. The first-order valence-corrected chi connectivity index (χ1v) is 9.01. The van der Waals surface area contributed by atoms with E-state index in [-0.39, 0.29) is 5.91 Å². The van der Waals surface area contributed by atoms with Crippen LogP contribution in [0.15, 0.2) is 42.5 Å². The van der Waals surface area contributed by atoms with Crippen LogP contribution < -0.4 is 10.6 Å². The molecule has 0 aliphatic rings. The Balaban J connectivity index is 2.02. The standard InChI is InChI=1S/C20H23FN6O/c1-5-22-19(28)13-9-10-17(16(11-13)18-24-26-27(4)25-18)23-15-8-6-7-14(12-15)20(2,3)21/h6-12,23H,5H2,1-4H3,(H,22,28). The van der Waals surface area contributed by atoms with E-state index in [0.717, 1.165) is 5.69 Å². The quantitative estimate of drug-likeness (QED) is 0.681. The van der Waals surface area contributed by atoms with Crippen molar-refractivity contribution in [2.45, 2.75) is 26.4 Å². The Morgan fingerprint density at radius 2 is 2.00 bits per heavy atom. The number of halogens is 1. The molecule has 1 aromatic heterocycles. The number of tetrazole rings is 1. The molecule has 28 heavy (non-hydrogen) atoms. The molecule has 0 unspecified atom stereocenters. The molecule has 0 fully saturated rings. The van der Waals surface area contributed by atoms with E-state index in [1.807, 2.05) is 13.0 Å². The average molecular weight is 382 g/mol. The molecule has 0 saturated carbocycles. The smallest absolute Gasteiger partial charge is 0.251 e. The summed E-state index contributed by atoms with van der Waals surface area (Å²) >= 11 is 0. The maximum atomic E-state index is 14.3. The van der Waals surface area contributed by atoms with E-state index in [9.17, 15) is 9.18 Å². The number of hydrogen-bond donors (Lipinski definition) is 2. The number of carbonyl (C=O) groups is 1. The fraction of sp³-hybridized carbons (Fsp3) is 0.300. The summed E-state index contributed by atoms with van der Waals surface area (Å²) in [7, 11) is 1.67. The summed E-state index contributed by atoms with van der Waals surface area (Å²) in [4.78, 5) is 13.6. The van der Waals surface area contributed by atoms with Gasteiger partial charge in [-0.1, -0.05) is 12.1 Å². The second-order valence-electron chi connectivity index (χ2n) is 6.90. The third-order valence-electron chi connectivity index (χ3n) is 4.20. The minimum atomic E-state index is -1.45. The zero-order chi connectivity index (χ0) is 20.3. The van der Waals surface area contributed by atoms with Gasteiger partial charge in [0.1, 0.15) is 5.67 Å². The summed E-state index contributed by atoms with van der Waals surface area (Å²) in [6, 6.07) is 12.4. The molecule has 0 radical (unpaired) electrons. The highest BCUT2D eigenvalue weighted by Gasteiger charge is 2.19. The number of nitrogens with zero attached hydrogens (tertiary/aromatic N) is 4. The lowest BCUT2D eigenvalue weighted by atomic mass is 9.99. The first-order chi connectivity index (χ1) is 13.3. The normalized spacial score (nSPS) is 11.3. The summed E-state index contributed by atoms with van der Waals surface area (Å²) < 4.78 is 14.3. The van der Waals surface area contributed by atoms with E-state index < -0.39 is 5.67 Å². The molecule has 3 aromatic rings. The number of benzene rings is 2. The van der Waals surface area contributed by atoms with Gasteiger partial charge < -0.3 is 10.6 Å². The van der Waals surface area contributed by atoms with Crippen LogP contribution in [-0.2, 0) is 12.7 Å². The van der Waals surface area contributed by atoms with Crippen molar-refractivity contribution < 1.29 is 9.18 Å². The van der Waals surface area contributed by atoms with E-state index in [1.165, 1.54) is 18.6 Å². The molecule has 1 heterocycles. The van der Waals surface area contributed by atoms with E-state index in [0.29, 0.717) is 34.7 Å². The van der Waals surface area contributed by atoms with Gasteiger partial charge in [-0.05, 0) is 61.9 Å². The minimum Gasteiger partial charge on any atom is -0.355 e. The third-order valence-corrected chi connectivity index (χ3v) is 4.20. The Labute approximate surface area is 163 Å². The third kappa shape index (κ3) is 4.33. The van der Waals surface area contributed by atoms with Gasteiger partial charge in [0.25, 0.3) is 5.91 Å². The van der Waals surface area contributed by atoms with Gasteiger partial charge in [-0.2, -0.15) is 4.80 Å². The van der Waals surface area contributed by atoms with Crippen molar-refractivity contribution >= 4 is 17.3 Å². The number of aromatic nitrogens is 4. The number of anilines is 2. The zero-order valence-electron chi connectivity index (χ0n) is 16.3. The fourth-order valence-electron chi connectivity index (χ4n) is 2.76. The van der Waals surface area contributed by atoms with Crippen LogP contribution >= 0.6 is 0 Å². The van der Waals surface area contributed by atoms with Crippen molar-refractivity contribution in [3.8, 4) is 11.4 Å². The lowest BCUT2D eigenvalue weighted by Gasteiger charge is -2.17. The van der Waals surface area contributed by atoms with E-state index in [1.54, 1.807) is 43.4 Å². The van der Waals surface area contributed by atoms with Gasteiger partial charge in [-0.15, -0.1) is 10.2 Å². The van der Waals surface area contributed by atoms with Crippen LogP contribution in [0.3, 0.4) is 0 Å². The van der Waals surface area contributed by atoms with Crippen LogP contribution in [0.4, 0.5) is 15.8 Å². The van der Waals surface area contributed by atoms with Crippen LogP contribution in [-0.4, -0.2) is 32.7 Å².